The van der Waals surface area contributed by atoms with Gasteiger partial charge in [-0.1, -0.05) is 0 Å². The number of carbonyl (C=O) groups excluding carboxylic acids is 1. The van der Waals surface area contributed by atoms with Gasteiger partial charge in [0.1, 0.15) is 5.60 Å². The third-order valence-electron chi connectivity index (χ3n) is 1.74. The fourth-order valence-electron chi connectivity index (χ4n) is 0.976. The molecule has 2 N–H and O–H groups in total. The Bertz CT molecular complexity index is 371. The molecule has 0 fully saturated rings. The molecule has 0 aromatic carbocycles. The van der Waals surface area contributed by atoms with E-state index in [-0.39, 0.29) is 6.54 Å². The summed E-state index contributed by atoms with van der Waals surface area (Å²) in [6, 6.07) is 0. The van der Waals surface area contributed by atoms with Crippen molar-refractivity contribution in [1.29, 1.82) is 0 Å². The molecule has 108 valence electrons. The van der Waals surface area contributed by atoms with Crippen molar-refractivity contribution in [3.63, 3.8) is 0 Å². The van der Waals surface area contributed by atoms with Crippen LogP contribution in [0.4, 0.5) is 4.79 Å². The lowest BCUT2D eigenvalue weighted by Gasteiger charge is -2.27. The van der Waals surface area contributed by atoms with Gasteiger partial charge >= 0.3 is 16.3 Å². The van der Waals surface area contributed by atoms with Gasteiger partial charge in [-0.3, -0.25) is 0 Å². The van der Waals surface area contributed by atoms with Crippen LogP contribution in [0.15, 0.2) is 0 Å². The van der Waals surface area contributed by atoms with E-state index < -0.39 is 28.2 Å². The number of amides is 1. The van der Waals surface area contributed by atoms with Gasteiger partial charge in [-0.05, 0) is 20.8 Å². The Labute approximate surface area is 107 Å². The highest BCUT2D eigenvalue weighted by Crippen LogP contribution is 2.12. The quantitative estimate of drug-likeness (QED) is 0.714. The van der Waals surface area contributed by atoms with Gasteiger partial charge in [-0.25, -0.2) is 9.93 Å². The molecule has 0 atom stereocenters. The van der Waals surface area contributed by atoms with E-state index in [2.05, 4.69) is 0 Å². The van der Waals surface area contributed by atoms with Crippen molar-refractivity contribution in [2.75, 3.05) is 20.8 Å². The molecule has 0 saturated carbocycles. The number of ether oxygens (including phenoxy) is 3. The van der Waals surface area contributed by atoms with Gasteiger partial charge in [0, 0.05) is 14.2 Å². The zero-order valence-electron chi connectivity index (χ0n) is 11.2. The first-order chi connectivity index (χ1) is 8.01. The molecule has 0 aromatic heterocycles. The number of rotatable bonds is 5. The highest BCUT2D eigenvalue weighted by Gasteiger charge is 2.31. The van der Waals surface area contributed by atoms with Crippen LogP contribution in [-0.4, -0.2) is 51.5 Å². The first-order valence-corrected chi connectivity index (χ1v) is 6.60. The Balaban J connectivity index is 4.97. The van der Waals surface area contributed by atoms with Gasteiger partial charge in [-0.15, -0.1) is 0 Å². The number of hydrogen-bond acceptors (Lipinski definition) is 6. The molecule has 8 nitrogen and oxygen atoms in total. The molecule has 18 heavy (non-hydrogen) atoms. The molecule has 0 radical (unpaired) electrons. The molecule has 0 spiro atoms. The van der Waals surface area contributed by atoms with Crippen LogP contribution in [0.1, 0.15) is 20.8 Å². The highest BCUT2D eigenvalue weighted by molar-refractivity contribution is 7.87. The molecular weight excluding hydrogens is 264 g/mol. The smallest absolute Gasteiger partial charge is 0.425 e. The monoisotopic (exact) mass is 284 g/mol. The van der Waals surface area contributed by atoms with E-state index >= 15 is 0 Å². The lowest BCUT2D eigenvalue weighted by molar-refractivity contribution is -0.108. The first kappa shape index (κ1) is 17.1. The minimum absolute atomic E-state index is 0.357. The molecular formula is C9H20N2O6S. The third kappa shape index (κ3) is 6.15. The SMILES string of the molecule is COC(CN(C(=O)OC(C)(C)C)S(N)(=O)=O)OC. The van der Waals surface area contributed by atoms with E-state index in [1.165, 1.54) is 14.2 Å². The largest absolute Gasteiger partial charge is 0.443 e. The van der Waals surface area contributed by atoms with Crippen LogP contribution in [0.3, 0.4) is 0 Å². The Kier molecular flexibility index (Phi) is 6.00. The lowest BCUT2D eigenvalue weighted by Crippen LogP contribution is -2.48. The van der Waals surface area contributed by atoms with Gasteiger partial charge in [0.25, 0.3) is 0 Å². The zero-order valence-corrected chi connectivity index (χ0v) is 12.0. The van der Waals surface area contributed by atoms with Crippen molar-refractivity contribution in [2.45, 2.75) is 32.7 Å². The van der Waals surface area contributed by atoms with Crippen molar-refractivity contribution in [1.82, 2.24) is 4.31 Å². The van der Waals surface area contributed by atoms with Crippen LogP contribution < -0.4 is 5.14 Å². The summed E-state index contributed by atoms with van der Waals surface area (Å²) in [5.74, 6) is 0. The Morgan fingerprint density at radius 3 is 2.00 bits per heavy atom. The van der Waals surface area contributed by atoms with E-state index in [1.54, 1.807) is 20.8 Å². The van der Waals surface area contributed by atoms with Crippen molar-refractivity contribution in [2.24, 2.45) is 5.14 Å². The highest BCUT2D eigenvalue weighted by atomic mass is 32.2. The van der Waals surface area contributed by atoms with Gasteiger partial charge in [0.2, 0.25) is 0 Å². The van der Waals surface area contributed by atoms with Crippen molar-refractivity contribution in [3.8, 4) is 0 Å². The molecule has 0 heterocycles. The van der Waals surface area contributed by atoms with Crippen LogP contribution in [0.25, 0.3) is 0 Å². The summed E-state index contributed by atoms with van der Waals surface area (Å²) in [7, 11) is -1.63. The van der Waals surface area contributed by atoms with Crippen LogP contribution in [-0.2, 0) is 24.4 Å². The van der Waals surface area contributed by atoms with E-state index in [1.807, 2.05) is 0 Å². The van der Waals surface area contributed by atoms with Crippen LogP contribution in [0, 0.1) is 0 Å². The van der Waals surface area contributed by atoms with E-state index in [0.717, 1.165) is 0 Å². The Morgan fingerprint density at radius 2 is 1.72 bits per heavy atom. The maximum Gasteiger partial charge on any atom is 0.425 e. The van der Waals surface area contributed by atoms with Crippen LogP contribution >= 0.6 is 0 Å². The maximum atomic E-state index is 11.7. The standard InChI is InChI=1S/C9H20N2O6S/c1-9(2,3)17-8(12)11(18(10,13)14)6-7(15-4)16-5/h7H,6H2,1-5H3,(H2,10,13,14). The summed E-state index contributed by atoms with van der Waals surface area (Å²) in [5, 5.41) is 4.94. The van der Waals surface area contributed by atoms with Crippen LogP contribution in [0.2, 0.25) is 0 Å². The number of hydrogen-bond donors (Lipinski definition) is 1. The second kappa shape index (κ2) is 6.32. The average molecular weight is 284 g/mol. The molecule has 0 aliphatic heterocycles. The fraction of sp³-hybridized carbons (Fsp3) is 0.889. The molecule has 1 amide bonds. The van der Waals surface area contributed by atoms with E-state index in [4.69, 9.17) is 19.3 Å². The Hall–Kier alpha value is -0.900. The van der Waals surface area contributed by atoms with Gasteiger partial charge < -0.3 is 14.2 Å². The molecule has 0 bridgehead atoms. The van der Waals surface area contributed by atoms with Gasteiger partial charge in [0.05, 0.1) is 6.54 Å². The molecule has 0 aromatic rings. The lowest BCUT2D eigenvalue weighted by atomic mass is 10.2. The normalized spacial score (nSPS) is 12.6. The van der Waals surface area contributed by atoms with E-state index in [9.17, 15) is 13.2 Å². The fourth-order valence-corrected chi connectivity index (χ4v) is 1.55. The molecule has 0 rings (SSSR count). The number of methoxy groups -OCH3 is 2. The minimum atomic E-state index is -4.25. The average Bonchev–Trinajstić information content (AvgIpc) is 2.14. The van der Waals surface area contributed by atoms with Gasteiger partial charge in [0.15, 0.2) is 6.29 Å². The molecule has 0 aliphatic rings. The predicted octanol–water partition coefficient (Wildman–Crippen LogP) is 0.0459. The number of nitrogens with two attached hydrogens (primary N) is 1. The number of carbonyl (C=O) groups is 1. The zero-order chi connectivity index (χ0) is 14.6. The minimum Gasteiger partial charge on any atom is -0.443 e. The molecule has 0 saturated heterocycles. The summed E-state index contributed by atoms with van der Waals surface area (Å²) in [6.07, 6.45) is -2.00. The Morgan fingerprint density at radius 1 is 1.28 bits per heavy atom. The predicted molar refractivity (Wildman–Crippen MR) is 63.9 cm³/mol. The van der Waals surface area contributed by atoms with Crippen molar-refractivity contribution >= 4 is 16.3 Å². The summed E-state index contributed by atoms with van der Waals surface area (Å²) in [5.41, 5.74) is -0.838. The number of nitrogens with zero attached hydrogens (tertiary/aromatic N) is 1. The van der Waals surface area contributed by atoms with Crippen molar-refractivity contribution < 1.29 is 27.4 Å². The maximum absolute atomic E-state index is 11.7. The third-order valence-corrected chi connectivity index (χ3v) is 2.66. The summed E-state index contributed by atoms with van der Waals surface area (Å²) in [4.78, 5) is 11.7. The molecule has 0 aliphatic carbocycles. The summed E-state index contributed by atoms with van der Waals surface area (Å²) < 4.78 is 37.6. The summed E-state index contributed by atoms with van der Waals surface area (Å²) >= 11 is 0. The topological polar surface area (TPSA) is 108 Å². The second-order valence-corrected chi connectivity index (χ2v) is 5.93. The summed E-state index contributed by atoms with van der Waals surface area (Å²) in [6.45, 7) is 4.43. The van der Waals surface area contributed by atoms with E-state index in [0.29, 0.717) is 4.31 Å². The molecule has 9 heteroatoms. The van der Waals surface area contributed by atoms with Crippen molar-refractivity contribution in [3.05, 3.63) is 0 Å². The van der Waals surface area contributed by atoms with Gasteiger partial charge in [-0.2, -0.15) is 12.7 Å². The molecule has 0 unspecified atom stereocenters. The second-order valence-electron chi connectivity index (χ2n) is 4.46. The first-order valence-electron chi connectivity index (χ1n) is 5.10. The van der Waals surface area contributed by atoms with Crippen LogP contribution in [0.5, 0.6) is 0 Å².